The Kier molecular flexibility index (Phi) is 5.21. The van der Waals surface area contributed by atoms with Crippen molar-refractivity contribution in [1.29, 1.82) is 0 Å². The molecule has 0 aromatic rings. The molecule has 0 spiro atoms. The van der Waals surface area contributed by atoms with Gasteiger partial charge in [0.05, 0.1) is 0 Å². The summed E-state index contributed by atoms with van der Waals surface area (Å²) in [7, 11) is 0. The first-order valence-electron chi connectivity index (χ1n) is 7.86. The Morgan fingerprint density at radius 3 is 2.41 bits per heavy atom. The van der Waals surface area contributed by atoms with Gasteiger partial charge in [0.15, 0.2) is 0 Å². The molecule has 3 unspecified atom stereocenters. The number of fused-ring (bicyclic) bond motifs is 2. The lowest BCUT2D eigenvalue weighted by Crippen LogP contribution is -2.29. The summed E-state index contributed by atoms with van der Waals surface area (Å²) in [5.74, 6) is 2.96. The average molecular weight is 257 g/mol. The van der Waals surface area contributed by atoms with Crippen LogP contribution in [-0.2, 0) is 0 Å². The van der Waals surface area contributed by atoms with Gasteiger partial charge in [-0.15, -0.1) is 11.6 Å². The molecule has 0 nitrogen and oxygen atoms in total. The molecule has 2 saturated carbocycles. The molecule has 17 heavy (non-hydrogen) atoms. The molecule has 0 amide bonds. The zero-order valence-electron chi connectivity index (χ0n) is 11.5. The number of alkyl halides is 1. The van der Waals surface area contributed by atoms with Gasteiger partial charge in [-0.3, -0.25) is 0 Å². The van der Waals surface area contributed by atoms with Gasteiger partial charge in [-0.1, -0.05) is 51.9 Å². The molecular formula is C16H29Cl. The molecule has 0 heterocycles. The maximum Gasteiger partial charge on any atom is 0.0282 e. The summed E-state index contributed by atoms with van der Waals surface area (Å²) in [5, 5.41) is 0. The number of rotatable bonds is 8. The van der Waals surface area contributed by atoms with Gasteiger partial charge in [0.1, 0.15) is 0 Å². The van der Waals surface area contributed by atoms with Crippen molar-refractivity contribution in [2.24, 2.45) is 17.3 Å². The van der Waals surface area contributed by atoms with Crippen molar-refractivity contribution in [1.82, 2.24) is 0 Å². The van der Waals surface area contributed by atoms with E-state index in [-0.39, 0.29) is 0 Å². The van der Waals surface area contributed by atoms with Gasteiger partial charge in [0.2, 0.25) is 0 Å². The van der Waals surface area contributed by atoms with Crippen LogP contribution in [0.15, 0.2) is 0 Å². The van der Waals surface area contributed by atoms with E-state index in [0.29, 0.717) is 5.41 Å². The quantitative estimate of drug-likeness (QED) is 0.381. The number of hydrogen-bond donors (Lipinski definition) is 0. The average Bonchev–Trinajstić information content (AvgIpc) is 2.94. The molecular weight excluding hydrogens is 228 g/mol. The highest BCUT2D eigenvalue weighted by Crippen LogP contribution is 2.58. The van der Waals surface area contributed by atoms with Crippen LogP contribution in [0.1, 0.15) is 77.6 Å². The lowest BCUT2D eigenvalue weighted by atomic mass is 9.71. The highest BCUT2D eigenvalue weighted by atomic mass is 35.5. The number of unbranched alkanes of at least 4 members (excludes halogenated alkanes) is 5. The molecule has 0 aliphatic heterocycles. The van der Waals surface area contributed by atoms with E-state index in [1.807, 2.05) is 0 Å². The standard InChI is InChI=1S/C16H29Cl/c1-2-3-4-5-6-7-10-16(13-17)12-14-8-9-15(16)11-14/h14-15H,2-13H2,1H3. The minimum absolute atomic E-state index is 0.565. The molecule has 2 fully saturated rings. The van der Waals surface area contributed by atoms with Gasteiger partial charge in [0.25, 0.3) is 0 Å². The van der Waals surface area contributed by atoms with Crippen LogP contribution >= 0.6 is 11.6 Å². The molecule has 2 aliphatic carbocycles. The Morgan fingerprint density at radius 2 is 1.82 bits per heavy atom. The van der Waals surface area contributed by atoms with Crippen LogP contribution in [-0.4, -0.2) is 5.88 Å². The topological polar surface area (TPSA) is 0 Å². The second kappa shape index (κ2) is 6.45. The summed E-state index contributed by atoms with van der Waals surface area (Å²) >= 11 is 6.32. The molecule has 2 bridgehead atoms. The normalized spacial score (nSPS) is 35.6. The summed E-state index contributed by atoms with van der Waals surface area (Å²) < 4.78 is 0. The van der Waals surface area contributed by atoms with Crippen molar-refractivity contribution >= 4 is 11.6 Å². The van der Waals surface area contributed by atoms with E-state index < -0.39 is 0 Å². The van der Waals surface area contributed by atoms with E-state index in [4.69, 9.17) is 11.6 Å². The molecule has 0 aromatic carbocycles. The lowest BCUT2D eigenvalue weighted by Gasteiger charge is -2.36. The van der Waals surface area contributed by atoms with E-state index in [0.717, 1.165) is 17.7 Å². The van der Waals surface area contributed by atoms with Gasteiger partial charge in [-0.05, 0) is 42.9 Å². The Hall–Kier alpha value is 0.290. The predicted octanol–water partition coefficient (Wildman–Crippen LogP) is 5.78. The Morgan fingerprint density at radius 1 is 1.06 bits per heavy atom. The molecule has 2 rings (SSSR count). The third-order valence-corrected chi connectivity index (χ3v) is 5.93. The van der Waals surface area contributed by atoms with Crippen molar-refractivity contribution in [2.75, 3.05) is 5.88 Å². The smallest absolute Gasteiger partial charge is 0.0282 e. The zero-order valence-corrected chi connectivity index (χ0v) is 12.3. The lowest BCUT2D eigenvalue weighted by molar-refractivity contribution is 0.172. The Balaban J connectivity index is 1.66. The van der Waals surface area contributed by atoms with Gasteiger partial charge >= 0.3 is 0 Å². The molecule has 0 radical (unpaired) electrons. The fourth-order valence-corrected chi connectivity index (χ4v) is 4.81. The van der Waals surface area contributed by atoms with Crippen LogP contribution in [0.2, 0.25) is 0 Å². The van der Waals surface area contributed by atoms with Crippen molar-refractivity contribution in [3.8, 4) is 0 Å². The van der Waals surface area contributed by atoms with Crippen LogP contribution in [0.4, 0.5) is 0 Å². The molecule has 2 aliphatic rings. The predicted molar refractivity (Wildman–Crippen MR) is 76.6 cm³/mol. The Labute approximate surface area is 113 Å². The summed E-state index contributed by atoms with van der Waals surface area (Å²) in [6.45, 7) is 2.29. The highest BCUT2D eigenvalue weighted by Gasteiger charge is 2.49. The minimum atomic E-state index is 0.565. The fourth-order valence-electron chi connectivity index (χ4n) is 4.35. The van der Waals surface area contributed by atoms with Gasteiger partial charge < -0.3 is 0 Å². The molecule has 3 atom stereocenters. The van der Waals surface area contributed by atoms with Gasteiger partial charge in [0, 0.05) is 5.88 Å². The largest absolute Gasteiger partial charge is 0.126 e. The maximum atomic E-state index is 6.32. The molecule has 0 aromatic heterocycles. The van der Waals surface area contributed by atoms with Crippen LogP contribution in [0.3, 0.4) is 0 Å². The van der Waals surface area contributed by atoms with E-state index in [2.05, 4.69) is 6.92 Å². The fraction of sp³-hybridized carbons (Fsp3) is 1.00. The van der Waals surface area contributed by atoms with Gasteiger partial charge in [-0.2, -0.15) is 0 Å². The first-order chi connectivity index (χ1) is 8.30. The third-order valence-electron chi connectivity index (χ3n) is 5.40. The van der Waals surface area contributed by atoms with Crippen LogP contribution in [0.5, 0.6) is 0 Å². The van der Waals surface area contributed by atoms with Gasteiger partial charge in [-0.25, -0.2) is 0 Å². The second-order valence-electron chi connectivity index (χ2n) is 6.59. The zero-order chi connectivity index (χ0) is 12.1. The van der Waals surface area contributed by atoms with E-state index in [1.165, 1.54) is 70.6 Å². The molecule has 1 heteroatoms. The second-order valence-corrected chi connectivity index (χ2v) is 6.86. The molecule has 0 saturated heterocycles. The maximum absolute atomic E-state index is 6.32. The van der Waals surface area contributed by atoms with Crippen molar-refractivity contribution in [3.05, 3.63) is 0 Å². The van der Waals surface area contributed by atoms with Crippen molar-refractivity contribution in [2.45, 2.75) is 77.6 Å². The monoisotopic (exact) mass is 256 g/mol. The van der Waals surface area contributed by atoms with Crippen molar-refractivity contribution < 1.29 is 0 Å². The number of halogens is 1. The van der Waals surface area contributed by atoms with E-state index >= 15 is 0 Å². The summed E-state index contributed by atoms with van der Waals surface area (Å²) in [6.07, 6.45) is 15.9. The van der Waals surface area contributed by atoms with Crippen LogP contribution in [0.25, 0.3) is 0 Å². The summed E-state index contributed by atoms with van der Waals surface area (Å²) in [6, 6.07) is 0. The third kappa shape index (κ3) is 3.19. The number of hydrogen-bond acceptors (Lipinski definition) is 0. The molecule has 100 valence electrons. The Bertz CT molecular complexity index is 226. The SMILES string of the molecule is CCCCCCCCC1(CCl)CC2CCC1C2. The highest BCUT2D eigenvalue weighted by molar-refractivity contribution is 6.18. The van der Waals surface area contributed by atoms with Crippen LogP contribution < -0.4 is 0 Å². The molecule has 0 N–H and O–H groups in total. The van der Waals surface area contributed by atoms with E-state index in [1.54, 1.807) is 0 Å². The summed E-state index contributed by atoms with van der Waals surface area (Å²) in [5.41, 5.74) is 0.565. The van der Waals surface area contributed by atoms with Crippen molar-refractivity contribution in [3.63, 3.8) is 0 Å². The minimum Gasteiger partial charge on any atom is -0.126 e. The van der Waals surface area contributed by atoms with Crippen LogP contribution in [0, 0.1) is 17.3 Å². The summed E-state index contributed by atoms with van der Waals surface area (Å²) in [4.78, 5) is 0. The first-order valence-corrected chi connectivity index (χ1v) is 8.40. The van der Waals surface area contributed by atoms with E-state index in [9.17, 15) is 0 Å². The first kappa shape index (κ1) is 13.7.